The molecule has 13 heteroatoms. The number of anilines is 2. The fourth-order valence-electron chi connectivity index (χ4n) is 5.29. The average Bonchev–Trinajstić information content (AvgIpc) is 3.38. The highest BCUT2D eigenvalue weighted by Crippen LogP contribution is 2.34. The number of hydrogen-bond acceptors (Lipinski definition) is 8. The van der Waals surface area contributed by atoms with E-state index in [-0.39, 0.29) is 29.5 Å². The van der Waals surface area contributed by atoms with Crippen molar-refractivity contribution in [3.63, 3.8) is 0 Å². The Bertz CT molecular complexity index is 1510. The number of fused-ring (bicyclic) bond motifs is 1. The van der Waals surface area contributed by atoms with Crippen LogP contribution < -0.4 is 15.5 Å². The summed E-state index contributed by atoms with van der Waals surface area (Å²) < 4.78 is 42.7. The van der Waals surface area contributed by atoms with Gasteiger partial charge in [0.25, 0.3) is 5.69 Å². The summed E-state index contributed by atoms with van der Waals surface area (Å²) in [6.07, 6.45) is 0.220. The van der Waals surface area contributed by atoms with Gasteiger partial charge in [0.2, 0.25) is 5.95 Å². The molecule has 1 aliphatic rings. The van der Waals surface area contributed by atoms with Gasteiger partial charge >= 0.3 is 6.18 Å². The van der Waals surface area contributed by atoms with E-state index >= 15 is 0 Å². The van der Waals surface area contributed by atoms with Gasteiger partial charge in [0.15, 0.2) is 5.69 Å². The minimum Gasteiger partial charge on any atom is -0.362 e. The summed E-state index contributed by atoms with van der Waals surface area (Å²) in [5, 5.41) is 22.5. The lowest BCUT2D eigenvalue weighted by Crippen LogP contribution is -2.32. The largest absolute Gasteiger partial charge is 0.433 e. The molecule has 0 spiro atoms. The number of alkyl halides is 3. The number of nitro benzene ring substituents is 1. The molecule has 1 aliphatic carbocycles. The summed E-state index contributed by atoms with van der Waals surface area (Å²) in [6.45, 7) is 0.599. The summed E-state index contributed by atoms with van der Waals surface area (Å²) in [4.78, 5) is 21.7. The highest BCUT2D eigenvalue weighted by Gasteiger charge is 2.38. The summed E-state index contributed by atoms with van der Waals surface area (Å²) in [7, 11) is 3.91. The average molecular weight is 569 g/mol. The lowest BCUT2D eigenvalue weighted by atomic mass is 9.86. The maximum Gasteiger partial charge on any atom is 0.433 e. The first-order valence-corrected chi connectivity index (χ1v) is 13.4. The van der Waals surface area contributed by atoms with E-state index in [0.717, 1.165) is 59.2 Å². The first-order valence-electron chi connectivity index (χ1n) is 13.4. The number of non-ortho nitro benzene ring substituents is 1. The fourth-order valence-corrected chi connectivity index (χ4v) is 5.29. The predicted molar refractivity (Wildman–Crippen MR) is 150 cm³/mol. The van der Waals surface area contributed by atoms with Gasteiger partial charge in [-0.05, 0) is 62.4 Å². The van der Waals surface area contributed by atoms with Gasteiger partial charge in [0.1, 0.15) is 5.82 Å². The van der Waals surface area contributed by atoms with Gasteiger partial charge in [0.05, 0.1) is 22.3 Å². The molecule has 0 bridgehead atoms. The molecule has 10 nitrogen and oxygen atoms in total. The Morgan fingerprint density at radius 2 is 1.76 bits per heavy atom. The van der Waals surface area contributed by atoms with Gasteiger partial charge in [-0.3, -0.25) is 10.1 Å². The molecule has 216 valence electrons. The van der Waals surface area contributed by atoms with Crippen molar-refractivity contribution in [3.05, 3.63) is 76.1 Å². The van der Waals surface area contributed by atoms with E-state index in [4.69, 9.17) is 4.98 Å². The Morgan fingerprint density at radius 3 is 2.41 bits per heavy atom. The number of hydrogen-bond donors (Lipinski definition) is 2. The Morgan fingerprint density at radius 1 is 1.05 bits per heavy atom. The zero-order valence-electron chi connectivity index (χ0n) is 22.7. The molecule has 0 unspecified atom stereocenters. The van der Waals surface area contributed by atoms with Crippen LogP contribution in [0.1, 0.15) is 36.9 Å². The second kappa shape index (κ2) is 11.7. The number of benzene rings is 2. The number of rotatable bonds is 9. The number of nitro groups is 1. The highest BCUT2D eigenvalue weighted by molar-refractivity contribution is 5.90. The molecule has 5 rings (SSSR count). The topological polar surface area (TPSA) is 114 Å². The van der Waals surface area contributed by atoms with Gasteiger partial charge in [-0.15, -0.1) is 0 Å². The summed E-state index contributed by atoms with van der Waals surface area (Å²) >= 11 is 0. The molecular formula is C28H31F3N8O2. The SMILES string of the molecule is CN(C)c1nc(N[C@H]2CC[C@@H](CNCc3cnn(-c4ccc([N+](=O)[O-])cc4)c3C(F)(F)F)CC2)nc2ccccc12. The molecule has 1 fully saturated rings. The van der Waals surface area contributed by atoms with Crippen LogP contribution in [0.15, 0.2) is 54.7 Å². The van der Waals surface area contributed by atoms with Crippen LogP contribution in [0.5, 0.6) is 0 Å². The van der Waals surface area contributed by atoms with Gasteiger partial charge in [-0.1, -0.05) is 12.1 Å². The highest BCUT2D eigenvalue weighted by atomic mass is 19.4. The number of aromatic nitrogens is 4. The Hall–Kier alpha value is -4.26. The van der Waals surface area contributed by atoms with E-state index in [1.165, 1.54) is 18.3 Å². The molecule has 2 aromatic carbocycles. The number of para-hydroxylation sites is 1. The van der Waals surface area contributed by atoms with Crippen molar-refractivity contribution in [3.8, 4) is 5.69 Å². The second-order valence-corrected chi connectivity index (χ2v) is 10.5. The first kappa shape index (κ1) is 28.3. The molecule has 1 saturated carbocycles. The fraction of sp³-hybridized carbons (Fsp3) is 0.393. The van der Waals surface area contributed by atoms with E-state index in [0.29, 0.717) is 18.4 Å². The summed E-state index contributed by atoms with van der Waals surface area (Å²) in [5.74, 6) is 1.78. The van der Waals surface area contributed by atoms with Crippen molar-refractivity contribution in [2.75, 3.05) is 30.9 Å². The van der Waals surface area contributed by atoms with Crippen LogP contribution in [0.3, 0.4) is 0 Å². The Labute approximate surface area is 234 Å². The Balaban J connectivity index is 1.17. The molecule has 2 aromatic heterocycles. The maximum atomic E-state index is 14.0. The minimum absolute atomic E-state index is 0.0121. The van der Waals surface area contributed by atoms with Crippen LogP contribution in [-0.2, 0) is 12.7 Å². The third kappa shape index (κ3) is 6.40. The van der Waals surface area contributed by atoms with E-state index in [1.54, 1.807) is 0 Å². The van der Waals surface area contributed by atoms with Crippen LogP contribution in [0.25, 0.3) is 16.6 Å². The second-order valence-electron chi connectivity index (χ2n) is 10.5. The third-order valence-corrected chi connectivity index (χ3v) is 7.35. The van der Waals surface area contributed by atoms with Crippen LogP contribution in [-0.4, -0.2) is 51.4 Å². The summed E-state index contributed by atoms with van der Waals surface area (Å²) in [6, 6.07) is 13.0. The van der Waals surface area contributed by atoms with Crippen molar-refractivity contribution < 1.29 is 18.1 Å². The molecule has 0 atom stereocenters. The molecule has 4 aromatic rings. The molecular weight excluding hydrogens is 537 g/mol. The predicted octanol–water partition coefficient (Wildman–Crippen LogP) is 5.57. The van der Waals surface area contributed by atoms with E-state index in [2.05, 4.69) is 20.7 Å². The smallest absolute Gasteiger partial charge is 0.362 e. The molecule has 41 heavy (non-hydrogen) atoms. The minimum atomic E-state index is -4.64. The number of nitrogens with one attached hydrogen (secondary N) is 2. The number of nitrogens with zero attached hydrogens (tertiary/aromatic N) is 6. The zero-order valence-corrected chi connectivity index (χ0v) is 22.7. The first-order chi connectivity index (χ1) is 19.6. The zero-order chi connectivity index (χ0) is 29.1. The van der Waals surface area contributed by atoms with Crippen LogP contribution in [0, 0.1) is 16.0 Å². The molecule has 2 N–H and O–H groups in total. The van der Waals surface area contributed by atoms with Gasteiger partial charge < -0.3 is 15.5 Å². The van der Waals surface area contributed by atoms with E-state index < -0.39 is 16.8 Å². The molecule has 0 saturated heterocycles. The van der Waals surface area contributed by atoms with Crippen molar-refractivity contribution in [2.24, 2.45) is 5.92 Å². The number of halogens is 3. The quantitative estimate of drug-likeness (QED) is 0.199. The molecule has 0 radical (unpaired) electrons. The van der Waals surface area contributed by atoms with Gasteiger partial charge in [-0.2, -0.15) is 23.3 Å². The van der Waals surface area contributed by atoms with Crippen molar-refractivity contribution >= 4 is 28.4 Å². The van der Waals surface area contributed by atoms with E-state index in [9.17, 15) is 23.3 Å². The molecule has 0 aliphatic heterocycles. The monoisotopic (exact) mass is 568 g/mol. The van der Waals surface area contributed by atoms with E-state index in [1.807, 2.05) is 43.3 Å². The van der Waals surface area contributed by atoms with Gasteiger partial charge in [-0.25, -0.2) is 9.67 Å². The van der Waals surface area contributed by atoms with Crippen molar-refractivity contribution in [1.82, 2.24) is 25.1 Å². The third-order valence-electron chi connectivity index (χ3n) is 7.35. The molecule has 2 heterocycles. The van der Waals surface area contributed by atoms with Crippen LogP contribution in [0.2, 0.25) is 0 Å². The van der Waals surface area contributed by atoms with Gasteiger partial charge in [0, 0.05) is 49.8 Å². The lowest BCUT2D eigenvalue weighted by molar-refractivity contribution is -0.384. The lowest BCUT2D eigenvalue weighted by Gasteiger charge is -2.29. The van der Waals surface area contributed by atoms with Crippen molar-refractivity contribution in [1.29, 1.82) is 0 Å². The standard InChI is InChI=1S/C28H31F3N8O2/c1-37(2)26-23-5-3-4-6-24(23)35-27(36-26)34-20-9-7-18(8-10-20)15-32-16-19-17-33-38(25(19)28(29,30)31)21-11-13-22(14-12-21)39(40)41/h3-6,11-14,17-18,20,32H,7-10,15-16H2,1-2H3,(H,34,35,36)/t18-,20+. The molecule has 0 amide bonds. The normalized spacial score (nSPS) is 17.5. The Kier molecular flexibility index (Phi) is 8.06. The summed E-state index contributed by atoms with van der Waals surface area (Å²) in [5.41, 5.74) is -0.0882. The van der Waals surface area contributed by atoms with Crippen LogP contribution in [0.4, 0.5) is 30.6 Å². The maximum absolute atomic E-state index is 14.0. The van der Waals surface area contributed by atoms with Crippen LogP contribution >= 0.6 is 0 Å². The van der Waals surface area contributed by atoms with Crippen molar-refractivity contribution in [2.45, 2.75) is 44.4 Å².